The van der Waals surface area contributed by atoms with Crippen LogP contribution in [0.3, 0.4) is 0 Å². The second kappa shape index (κ2) is 10.9. The van der Waals surface area contributed by atoms with Gasteiger partial charge in [-0.15, -0.1) is 11.3 Å². The van der Waals surface area contributed by atoms with Crippen molar-refractivity contribution in [2.45, 2.75) is 44.3 Å². The number of ether oxygens (including phenoxy) is 2. The third kappa shape index (κ3) is 5.14. The van der Waals surface area contributed by atoms with Gasteiger partial charge in [-0.05, 0) is 50.6 Å². The lowest BCUT2D eigenvalue weighted by Crippen LogP contribution is -2.34. The number of fused-ring (bicyclic) bond motifs is 1. The summed E-state index contributed by atoms with van der Waals surface area (Å²) in [5, 5.41) is 8.30. The van der Waals surface area contributed by atoms with Crippen LogP contribution in [0.1, 0.15) is 64.0 Å². The third-order valence-corrected chi connectivity index (χ3v) is 8.53. The van der Waals surface area contributed by atoms with Crippen molar-refractivity contribution in [1.29, 1.82) is 0 Å². The number of piperidine rings is 1. The lowest BCUT2D eigenvalue weighted by Gasteiger charge is -2.25. The van der Waals surface area contributed by atoms with Crippen LogP contribution < -0.4 is 20.5 Å². The van der Waals surface area contributed by atoms with Gasteiger partial charge in [0, 0.05) is 37.2 Å². The van der Waals surface area contributed by atoms with E-state index in [2.05, 4.69) is 21.5 Å². The molecule has 0 spiro atoms. The minimum Gasteiger partial charge on any atom is -0.487 e. The molecule has 9 nitrogen and oxygen atoms in total. The van der Waals surface area contributed by atoms with Crippen molar-refractivity contribution >= 4 is 23.3 Å². The van der Waals surface area contributed by atoms with E-state index in [0.717, 1.165) is 54.3 Å². The van der Waals surface area contributed by atoms with E-state index >= 15 is 4.39 Å². The molecule has 0 radical (unpaired) electrons. The second-order valence-electron chi connectivity index (χ2n) is 10.2. The zero-order valence-corrected chi connectivity index (χ0v) is 23.2. The summed E-state index contributed by atoms with van der Waals surface area (Å²) in [6, 6.07) is 6.82. The van der Waals surface area contributed by atoms with Crippen molar-refractivity contribution in [1.82, 2.24) is 24.6 Å². The molecule has 1 saturated heterocycles. The van der Waals surface area contributed by atoms with Gasteiger partial charge in [-0.1, -0.05) is 18.2 Å². The van der Waals surface area contributed by atoms with Gasteiger partial charge in [0.1, 0.15) is 34.2 Å². The molecular weight excluding hydrogens is 531 g/mol. The predicted octanol–water partition coefficient (Wildman–Crippen LogP) is 4.53. The minimum absolute atomic E-state index is 0.0297. The summed E-state index contributed by atoms with van der Waals surface area (Å²) in [7, 11) is 1.90. The number of imidazole rings is 1. The molecule has 1 fully saturated rings. The minimum atomic E-state index is -0.686. The van der Waals surface area contributed by atoms with Crippen molar-refractivity contribution in [3.05, 3.63) is 82.3 Å². The number of aromatic nitrogens is 4. The molecule has 1 amide bonds. The van der Waals surface area contributed by atoms with Gasteiger partial charge in [-0.25, -0.2) is 9.37 Å². The Morgan fingerprint density at radius 1 is 1.27 bits per heavy atom. The van der Waals surface area contributed by atoms with Crippen LogP contribution in [0.2, 0.25) is 0 Å². The summed E-state index contributed by atoms with van der Waals surface area (Å²) in [5.74, 6) is -0.357. The average molecular weight is 563 g/mol. The fourth-order valence-electron chi connectivity index (χ4n) is 5.27. The molecule has 11 heteroatoms. The highest BCUT2D eigenvalue weighted by Crippen LogP contribution is 2.38. The Morgan fingerprint density at radius 2 is 2.10 bits per heavy atom. The van der Waals surface area contributed by atoms with Crippen molar-refractivity contribution in [3.8, 4) is 16.5 Å². The van der Waals surface area contributed by atoms with E-state index < -0.39 is 17.8 Å². The molecule has 3 N–H and O–H groups in total. The van der Waals surface area contributed by atoms with Crippen LogP contribution >= 0.6 is 11.3 Å². The summed E-state index contributed by atoms with van der Waals surface area (Å²) in [6.45, 7) is 3.45. The van der Waals surface area contributed by atoms with E-state index in [1.54, 1.807) is 42.2 Å². The molecular formula is C29H31FN6O3S. The number of rotatable bonds is 8. The molecule has 1 aromatic carbocycles. The molecule has 40 heavy (non-hydrogen) atoms. The van der Waals surface area contributed by atoms with Gasteiger partial charge in [0.2, 0.25) is 0 Å². The number of nitrogens with two attached hydrogens (primary N) is 1. The molecule has 3 aromatic heterocycles. The molecule has 1 aliphatic carbocycles. The fourth-order valence-corrected chi connectivity index (χ4v) is 6.20. The van der Waals surface area contributed by atoms with E-state index in [9.17, 15) is 4.79 Å². The number of primary amides is 1. The van der Waals surface area contributed by atoms with Crippen LogP contribution in [0.25, 0.3) is 11.1 Å². The molecule has 0 saturated carbocycles. The highest BCUT2D eigenvalue weighted by Gasteiger charge is 2.26. The second-order valence-corrected chi connectivity index (χ2v) is 11.2. The molecule has 4 aromatic rings. The molecule has 1 unspecified atom stereocenters. The number of carbonyl (C=O) groups is 1. The van der Waals surface area contributed by atoms with Gasteiger partial charge in [0.25, 0.3) is 5.91 Å². The summed E-state index contributed by atoms with van der Waals surface area (Å²) in [6.07, 6.45) is 11.5. The highest BCUT2D eigenvalue weighted by atomic mass is 32.1. The third-order valence-electron chi connectivity index (χ3n) is 7.40. The van der Waals surface area contributed by atoms with Gasteiger partial charge in [0.15, 0.2) is 11.6 Å². The van der Waals surface area contributed by atoms with E-state index in [-0.39, 0.29) is 22.6 Å². The Hall–Kier alpha value is -3.96. The maximum atomic E-state index is 15.5. The number of hydrogen-bond donors (Lipinski definition) is 2. The highest BCUT2D eigenvalue weighted by molar-refractivity contribution is 7.16. The first-order valence-corrected chi connectivity index (χ1v) is 14.2. The number of amides is 1. The van der Waals surface area contributed by atoms with Crippen molar-refractivity contribution in [2.24, 2.45) is 12.8 Å². The smallest absolute Gasteiger partial charge is 0.262 e. The lowest BCUT2D eigenvalue weighted by molar-refractivity contribution is 0.0998. The number of allylic oxidation sites excluding steroid dienone is 1. The fraction of sp³-hybridized carbons (Fsp3) is 0.345. The Kier molecular flexibility index (Phi) is 7.16. The number of carbonyl (C=O) groups excluding carboxylic acids is 1. The zero-order valence-electron chi connectivity index (χ0n) is 22.3. The van der Waals surface area contributed by atoms with Crippen molar-refractivity contribution in [3.63, 3.8) is 0 Å². The molecule has 4 heterocycles. The average Bonchev–Trinajstić information content (AvgIpc) is 3.68. The molecule has 2 atom stereocenters. The number of benzene rings is 1. The van der Waals surface area contributed by atoms with Gasteiger partial charge < -0.3 is 20.5 Å². The molecule has 208 valence electrons. The number of halogens is 1. The van der Waals surface area contributed by atoms with E-state index in [0.29, 0.717) is 11.3 Å². The van der Waals surface area contributed by atoms with Crippen molar-refractivity contribution < 1.29 is 18.7 Å². The Bertz CT molecular complexity index is 1570. The number of aryl methyl sites for hydroxylation is 1. The molecule has 1 aliphatic heterocycles. The molecule has 0 bridgehead atoms. The summed E-state index contributed by atoms with van der Waals surface area (Å²) in [4.78, 5) is 17.3. The van der Waals surface area contributed by atoms with Crippen LogP contribution in [-0.2, 0) is 13.5 Å². The quantitative estimate of drug-likeness (QED) is 0.327. The lowest BCUT2D eigenvalue weighted by atomic mass is 9.91. The van der Waals surface area contributed by atoms with Gasteiger partial charge in [-0.2, -0.15) is 5.10 Å². The Balaban J connectivity index is 1.23. The van der Waals surface area contributed by atoms with Crippen LogP contribution in [0.15, 0.2) is 49.1 Å². The normalized spacial score (nSPS) is 17.9. The molecule has 2 aliphatic rings. The van der Waals surface area contributed by atoms with Gasteiger partial charge in [0.05, 0.1) is 17.6 Å². The summed E-state index contributed by atoms with van der Waals surface area (Å²) >= 11 is 1.22. The van der Waals surface area contributed by atoms with Gasteiger partial charge >= 0.3 is 0 Å². The van der Waals surface area contributed by atoms with Crippen LogP contribution in [0, 0.1) is 5.82 Å². The number of nitrogens with zero attached hydrogens (tertiary/aromatic N) is 4. The van der Waals surface area contributed by atoms with E-state index in [4.69, 9.17) is 15.2 Å². The van der Waals surface area contributed by atoms with Crippen LogP contribution in [0.4, 0.5) is 4.39 Å². The van der Waals surface area contributed by atoms with Crippen molar-refractivity contribution in [2.75, 3.05) is 13.1 Å². The molecule has 6 rings (SSSR count). The topological polar surface area (TPSA) is 109 Å². The standard InChI is InChI=1S/C29H31FN6O3S/c1-17(21-4-3-5-24(27(21)30)39-20-8-10-32-11-9-20)38-25-13-26(40-28(25)29(31)37)36-16-33-22-12-18(6-7-23(22)36)19-14-34-35(2)15-19/h3-7,13-18,20,32H,8-12H2,1-2H3,(H2,31,37)/t17-,18?/m1/s1. The maximum absolute atomic E-state index is 15.5. The SMILES string of the molecule is C[C@@H](Oc1cc(-n2cnc3c2C=CC(c2cnn(C)c2)C3)sc1C(N)=O)c1cccc(OC2CCNCC2)c1F. The first kappa shape index (κ1) is 26.3. The van der Waals surface area contributed by atoms with E-state index in [1.807, 2.05) is 30.1 Å². The largest absolute Gasteiger partial charge is 0.487 e. The Morgan fingerprint density at radius 3 is 2.85 bits per heavy atom. The summed E-state index contributed by atoms with van der Waals surface area (Å²) in [5.41, 5.74) is 9.09. The van der Waals surface area contributed by atoms with E-state index in [1.165, 1.54) is 11.3 Å². The van der Waals surface area contributed by atoms with Crippen LogP contribution in [0.5, 0.6) is 11.5 Å². The zero-order chi connectivity index (χ0) is 27.8. The predicted molar refractivity (Wildman–Crippen MR) is 151 cm³/mol. The maximum Gasteiger partial charge on any atom is 0.262 e. The van der Waals surface area contributed by atoms with Gasteiger partial charge in [-0.3, -0.25) is 14.0 Å². The Labute approximate surface area is 235 Å². The monoisotopic (exact) mass is 562 g/mol. The number of thiophene rings is 1. The number of hydrogen-bond acceptors (Lipinski definition) is 7. The van der Waals surface area contributed by atoms with Crippen LogP contribution in [-0.4, -0.2) is 44.4 Å². The first-order valence-electron chi connectivity index (χ1n) is 13.4. The summed E-state index contributed by atoms with van der Waals surface area (Å²) < 4.78 is 31.3. The number of nitrogens with one attached hydrogen (secondary N) is 1. The first-order chi connectivity index (χ1) is 19.4.